The minimum absolute atomic E-state index is 0.484. The first-order valence-electron chi connectivity index (χ1n) is 2.50. The normalized spacial score (nSPS) is 9.45. The number of nitrogens with one attached hydrogen (secondary N) is 1. The number of hydrogen-bond acceptors (Lipinski definition) is 4. The molecule has 7 heteroatoms. The van der Waals surface area contributed by atoms with Crippen LogP contribution in [-0.4, -0.2) is 37.3 Å². The lowest BCUT2D eigenvalue weighted by Crippen LogP contribution is -2.01. The average Bonchev–Trinajstić information content (AvgIpc) is 2.33. The number of aromatic nitrogens is 3. The van der Waals surface area contributed by atoms with Crippen LogP contribution in [0.15, 0.2) is 0 Å². The van der Waals surface area contributed by atoms with Crippen LogP contribution in [0.4, 0.5) is 0 Å². The third kappa shape index (κ3) is 1.31. The molecule has 0 bridgehead atoms. The van der Waals surface area contributed by atoms with E-state index in [2.05, 4.69) is 10.1 Å². The molecule has 0 fully saturated rings. The van der Waals surface area contributed by atoms with Crippen molar-refractivity contribution < 1.29 is 19.8 Å². The Hall–Kier alpha value is -1.92. The Labute approximate surface area is 59.7 Å². The maximum absolute atomic E-state index is 10.1. The summed E-state index contributed by atoms with van der Waals surface area (Å²) in [5.41, 5.74) is 0. The van der Waals surface area contributed by atoms with Crippen molar-refractivity contribution in [2.45, 2.75) is 0 Å². The highest BCUT2D eigenvalue weighted by Crippen LogP contribution is 1.91. The first-order chi connectivity index (χ1) is 5.11. The van der Waals surface area contributed by atoms with Crippen LogP contribution in [0.1, 0.15) is 21.2 Å². The summed E-state index contributed by atoms with van der Waals surface area (Å²) in [4.78, 5) is 23.4. The second-order valence-electron chi connectivity index (χ2n) is 1.62. The molecule has 7 nitrogen and oxygen atoms in total. The molecule has 0 aliphatic heterocycles. The van der Waals surface area contributed by atoms with Crippen molar-refractivity contribution in [3.8, 4) is 0 Å². The number of carbonyl (C=O) groups is 2. The van der Waals surface area contributed by atoms with Crippen LogP contribution in [0.2, 0.25) is 0 Å². The van der Waals surface area contributed by atoms with Gasteiger partial charge in [0.05, 0.1) is 0 Å². The Bertz CT molecular complexity index is 276. The van der Waals surface area contributed by atoms with E-state index < -0.39 is 23.6 Å². The molecule has 1 aromatic heterocycles. The van der Waals surface area contributed by atoms with Crippen LogP contribution in [-0.2, 0) is 0 Å². The van der Waals surface area contributed by atoms with E-state index in [9.17, 15) is 9.59 Å². The molecule has 0 radical (unpaired) electrons. The molecule has 0 saturated carbocycles. The van der Waals surface area contributed by atoms with Crippen LogP contribution in [0.25, 0.3) is 0 Å². The molecule has 1 aromatic rings. The Kier molecular flexibility index (Phi) is 1.55. The zero-order valence-electron chi connectivity index (χ0n) is 5.11. The largest absolute Gasteiger partial charge is 0.475 e. The summed E-state index contributed by atoms with van der Waals surface area (Å²) < 4.78 is 0. The molecule has 1 heterocycles. The van der Waals surface area contributed by atoms with Crippen molar-refractivity contribution in [2.75, 3.05) is 0 Å². The quantitative estimate of drug-likeness (QED) is 0.517. The van der Waals surface area contributed by atoms with Crippen LogP contribution < -0.4 is 0 Å². The number of aromatic carboxylic acids is 2. The van der Waals surface area contributed by atoms with Crippen molar-refractivity contribution in [3.63, 3.8) is 0 Å². The number of nitrogens with zero attached hydrogens (tertiary/aromatic N) is 2. The third-order valence-corrected chi connectivity index (χ3v) is 0.879. The van der Waals surface area contributed by atoms with Crippen molar-refractivity contribution in [3.05, 3.63) is 11.6 Å². The minimum atomic E-state index is -1.37. The second kappa shape index (κ2) is 2.37. The van der Waals surface area contributed by atoms with Gasteiger partial charge in [0.15, 0.2) is 0 Å². The number of hydrogen-bond donors (Lipinski definition) is 3. The predicted octanol–water partition coefficient (Wildman–Crippen LogP) is -0.799. The molecular formula is C4H3N3O4. The Balaban J connectivity index is 2.99. The van der Waals surface area contributed by atoms with E-state index in [0.717, 1.165) is 0 Å². The van der Waals surface area contributed by atoms with Gasteiger partial charge in [-0.2, -0.15) is 4.98 Å². The summed E-state index contributed by atoms with van der Waals surface area (Å²) in [6, 6.07) is 0. The third-order valence-electron chi connectivity index (χ3n) is 0.879. The number of H-pyrrole nitrogens is 1. The molecule has 0 amide bonds. The summed E-state index contributed by atoms with van der Waals surface area (Å²) in [5, 5.41) is 21.6. The van der Waals surface area contributed by atoms with E-state index in [0.29, 0.717) is 0 Å². The van der Waals surface area contributed by atoms with Crippen LogP contribution in [0, 0.1) is 0 Å². The van der Waals surface area contributed by atoms with Crippen molar-refractivity contribution in [2.24, 2.45) is 0 Å². The molecular weight excluding hydrogens is 154 g/mol. The van der Waals surface area contributed by atoms with Crippen LogP contribution in [0.5, 0.6) is 0 Å². The molecule has 0 unspecified atom stereocenters. The van der Waals surface area contributed by atoms with Crippen molar-refractivity contribution in [1.29, 1.82) is 0 Å². The van der Waals surface area contributed by atoms with E-state index in [1.807, 2.05) is 5.10 Å². The molecule has 0 aliphatic rings. The number of carboxylic acid groups (broad SMARTS) is 2. The van der Waals surface area contributed by atoms with E-state index in [-0.39, 0.29) is 0 Å². The highest BCUT2D eigenvalue weighted by Gasteiger charge is 2.13. The lowest BCUT2D eigenvalue weighted by atomic mass is 10.6. The van der Waals surface area contributed by atoms with Crippen LogP contribution in [0.3, 0.4) is 0 Å². The maximum Gasteiger partial charge on any atom is 0.375 e. The minimum Gasteiger partial charge on any atom is -0.475 e. The topological polar surface area (TPSA) is 116 Å². The summed E-state index contributed by atoms with van der Waals surface area (Å²) in [6.45, 7) is 0. The molecule has 0 spiro atoms. The second-order valence-corrected chi connectivity index (χ2v) is 1.62. The fourth-order valence-corrected chi connectivity index (χ4v) is 0.453. The standard InChI is InChI=1S/C4H3N3O4/c8-3(9)1-5-2(4(10)11)7-6-1/h(H,8,9)(H,10,11)(H,5,6,7). The lowest BCUT2D eigenvalue weighted by molar-refractivity contribution is 0.0683. The van der Waals surface area contributed by atoms with Crippen molar-refractivity contribution in [1.82, 2.24) is 15.2 Å². The maximum atomic E-state index is 10.1. The van der Waals surface area contributed by atoms with Gasteiger partial charge in [0.1, 0.15) is 0 Å². The van der Waals surface area contributed by atoms with Gasteiger partial charge in [-0.1, -0.05) is 0 Å². The Morgan fingerprint density at radius 3 is 2.18 bits per heavy atom. The van der Waals surface area contributed by atoms with Gasteiger partial charge in [-0.3, -0.25) is 5.10 Å². The highest BCUT2D eigenvalue weighted by molar-refractivity contribution is 5.87. The average molecular weight is 157 g/mol. The highest BCUT2D eigenvalue weighted by atomic mass is 16.4. The van der Waals surface area contributed by atoms with Gasteiger partial charge in [-0.05, 0) is 0 Å². The first kappa shape index (κ1) is 7.19. The lowest BCUT2D eigenvalue weighted by Gasteiger charge is -1.79. The summed E-state index contributed by atoms with van der Waals surface area (Å²) >= 11 is 0. The SMILES string of the molecule is O=C(O)c1n[nH]c(C(=O)O)n1. The van der Waals surface area contributed by atoms with Crippen LogP contribution >= 0.6 is 0 Å². The fourth-order valence-electron chi connectivity index (χ4n) is 0.453. The van der Waals surface area contributed by atoms with Gasteiger partial charge >= 0.3 is 11.9 Å². The molecule has 3 N–H and O–H groups in total. The molecule has 0 aromatic carbocycles. The van der Waals surface area contributed by atoms with E-state index in [1.165, 1.54) is 0 Å². The Morgan fingerprint density at radius 1 is 1.27 bits per heavy atom. The first-order valence-corrected chi connectivity index (χ1v) is 2.50. The molecule has 11 heavy (non-hydrogen) atoms. The predicted molar refractivity (Wildman–Crippen MR) is 30.3 cm³/mol. The number of rotatable bonds is 2. The number of aromatic amines is 1. The van der Waals surface area contributed by atoms with Gasteiger partial charge in [-0.15, -0.1) is 5.10 Å². The van der Waals surface area contributed by atoms with E-state index in [4.69, 9.17) is 10.2 Å². The zero-order chi connectivity index (χ0) is 8.43. The molecule has 0 atom stereocenters. The van der Waals surface area contributed by atoms with Crippen molar-refractivity contribution >= 4 is 11.9 Å². The summed E-state index contributed by atoms with van der Waals surface area (Å²) in [7, 11) is 0. The summed E-state index contributed by atoms with van der Waals surface area (Å²) in [6.07, 6.45) is 0. The fraction of sp³-hybridized carbons (Fsp3) is 0. The molecule has 58 valence electrons. The van der Waals surface area contributed by atoms with Gasteiger partial charge < -0.3 is 10.2 Å². The van der Waals surface area contributed by atoms with E-state index in [1.54, 1.807) is 0 Å². The van der Waals surface area contributed by atoms with Gasteiger partial charge in [0.25, 0.3) is 5.82 Å². The monoisotopic (exact) mass is 157 g/mol. The molecule has 0 saturated heterocycles. The summed E-state index contributed by atoms with van der Waals surface area (Å²) in [5.74, 6) is -3.75. The Morgan fingerprint density at radius 2 is 1.91 bits per heavy atom. The van der Waals surface area contributed by atoms with E-state index >= 15 is 0 Å². The van der Waals surface area contributed by atoms with Gasteiger partial charge in [0.2, 0.25) is 5.82 Å². The molecule has 0 aliphatic carbocycles. The molecule has 1 rings (SSSR count). The zero-order valence-corrected chi connectivity index (χ0v) is 5.11. The van der Waals surface area contributed by atoms with Gasteiger partial charge in [0, 0.05) is 0 Å². The van der Waals surface area contributed by atoms with Gasteiger partial charge in [-0.25, -0.2) is 9.59 Å². The number of carboxylic acids is 2. The smallest absolute Gasteiger partial charge is 0.375 e.